The monoisotopic (exact) mass is 279 g/mol. The Morgan fingerprint density at radius 3 is 2.70 bits per heavy atom. The summed E-state index contributed by atoms with van der Waals surface area (Å²) < 4.78 is 5.59. The first-order valence-corrected chi connectivity index (χ1v) is 8.06. The van der Waals surface area contributed by atoms with E-state index in [1.807, 2.05) is 0 Å². The van der Waals surface area contributed by atoms with Crippen LogP contribution in [0, 0.1) is 23.2 Å². The molecule has 0 aromatic heterocycles. The van der Waals surface area contributed by atoms with Gasteiger partial charge in [-0.1, -0.05) is 13.8 Å². The molecule has 20 heavy (non-hydrogen) atoms. The number of piperidine rings is 1. The molecule has 0 radical (unpaired) electrons. The average molecular weight is 279 g/mol. The Bertz CT molecular complexity index is 350. The highest BCUT2D eigenvalue weighted by atomic mass is 16.5. The molecule has 114 valence electrons. The third-order valence-corrected chi connectivity index (χ3v) is 4.91. The summed E-state index contributed by atoms with van der Waals surface area (Å²) in [5.74, 6) is 1.16. The van der Waals surface area contributed by atoms with Crippen LogP contribution in [0.5, 0.6) is 0 Å². The van der Waals surface area contributed by atoms with Gasteiger partial charge < -0.3 is 4.74 Å². The Balaban J connectivity index is 1.99. The lowest BCUT2D eigenvalue weighted by Gasteiger charge is -2.40. The van der Waals surface area contributed by atoms with Crippen LogP contribution in [0.4, 0.5) is 0 Å². The summed E-state index contributed by atoms with van der Waals surface area (Å²) in [6, 6.07) is 2.61. The molecule has 2 fully saturated rings. The molecule has 4 heteroatoms. The van der Waals surface area contributed by atoms with E-state index in [9.17, 15) is 5.26 Å². The fourth-order valence-corrected chi connectivity index (χ4v) is 3.32. The second-order valence-electron chi connectivity index (χ2n) is 6.56. The van der Waals surface area contributed by atoms with Gasteiger partial charge in [-0.3, -0.25) is 10.2 Å². The maximum absolute atomic E-state index is 9.75. The first-order chi connectivity index (χ1) is 9.65. The number of ether oxygens (including phenoxy) is 1. The summed E-state index contributed by atoms with van der Waals surface area (Å²) in [6.07, 6.45) is 4.95. The molecule has 2 aliphatic rings. The fraction of sp³-hybridized carbons (Fsp3) is 0.938. The summed E-state index contributed by atoms with van der Waals surface area (Å²) in [6.45, 7) is 8.25. The van der Waals surface area contributed by atoms with E-state index in [0.29, 0.717) is 17.9 Å². The van der Waals surface area contributed by atoms with Crippen LogP contribution < -0.4 is 5.32 Å². The molecule has 1 heterocycles. The zero-order chi connectivity index (χ0) is 14.6. The van der Waals surface area contributed by atoms with Crippen LogP contribution in [0.1, 0.15) is 39.5 Å². The van der Waals surface area contributed by atoms with Crippen molar-refractivity contribution in [2.75, 3.05) is 33.3 Å². The summed E-state index contributed by atoms with van der Waals surface area (Å²) in [7, 11) is 1.80. The van der Waals surface area contributed by atoms with Gasteiger partial charge >= 0.3 is 0 Å². The second-order valence-corrected chi connectivity index (χ2v) is 6.56. The first kappa shape index (κ1) is 15.8. The van der Waals surface area contributed by atoms with E-state index in [4.69, 9.17) is 4.74 Å². The first-order valence-electron chi connectivity index (χ1n) is 8.06. The molecule has 0 aromatic carbocycles. The van der Waals surface area contributed by atoms with Gasteiger partial charge in [0.2, 0.25) is 0 Å². The highest BCUT2D eigenvalue weighted by Crippen LogP contribution is 2.40. The largest absolute Gasteiger partial charge is 0.380 e. The summed E-state index contributed by atoms with van der Waals surface area (Å²) in [4.78, 5) is 2.43. The Labute approximate surface area is 123 Å². The summed E-state index contributed by atoms with van der Waals surface area (Å²) >= 11 is 0. The van der Waals surface area contributed by atoms with Gasteiger partial charge in [-0.15, -0.1) is 0 Å². The number of nitrogens with zero attached hydrogens (tertiary/aromatic N) is 2. The summed E-state index contributed by atoms with van der Waals surface area (Å²) in [5.41, 5.74) is -0.338. The summed E-state index contributed by atoms with van der Waals surface area (Å²) in [5, 5.41) is 13.3. The van der Waals surface area contributed by atoms with Crippen molar-refractivity contribution < 1.29 is 4.74 Å². The Morgan fingerprint density at radius 2 is 2.15 bits per heavy atom. The predicted octanol–water partition coefficient (Wildman–Crippen LogP) is 2.02. The quantitative estimate of drug-likeness (QED) is 0.774. The molecule has 2 rings (SSSR count). The zero-order valence-corrected chi connectivity index (χ0v) is 13.2. The van der Waals surface area contributed by atoms with Gasteiger partial charge in [0.25, 0.3) is 0 Å². The molecule has 1 aliphatic carbocycles. The smallest absolute Gasteiger partial charge is 0.122 e. The molecule has 3 unspecified atom stereocenters. The molecular formula is C16H29N3O. The number of hydrogen-bond donors (Lipinski definition) is 1. The molecule has 1 saturated carbocycles. The van der Waals surface area contributed by atoms with E-state index >= 15 is 0 Å². The maximum Gasteiger partial charge on any atom is 0.122 e. The van der Waals surface area contributed by atoms with E-state index in [2.05, 4.69) is 30.1 Å². The average Bonchev–Trinajstić information content (AvgIpc) is 3.30. The molecule has 0 spiro atoms. The van der Waals surface area contributed by atoms with E-state index in [1.54, 1.807) is 7.11 Å². The van der Waals surface area contributed by atoms with Gasteiger partial charge in [0, 0.05) is 20.2 Å². The number of methoxy groups -OCH3 is 1. The minimum absolute atomic E-state index is 0.311. The molecule has 0 aromatic rings. The van der Waals surface area contributed by atoms with Crippen LogP contribution in [-0.4, -0.2) is 49.8 Å². The standard InChI is InChI=1S/C16H29N3O/c1-4-8-18-16(11-17,14-5-6-14)12-19-9-7-13(2)15(10-19)20-3/h13-15,18H,4-10,12H2,1-3H3. The Kier molecular flexibility index (Phi) is 5.42. The van der Waals surface area contributed by atoms with Crippen molar-refractivity contribution in [2.45, 2.75) is 51.2 Å². The van der Waals surface area contributed by atoms with E-state index in [0.717, 1.165) is 32.6 Å². The third-order valence-electron chi connectivity index (χ3n) is 4.91. The van der Waals surface area contributed by atoms with Gasteiger partial charge in [-0.05, 0) is 50.6 Å². The van der Waals surface area contributed by atoms with Crippen molar-refractivity contribution in [2.24, 2.45) is 11.8 Å². The van der Waals surface area contributed by atoms with Crippen molar-refractivity contribution >= 4 is 0 Å². The SMILES string of the molecule is CCCNC(C#N)(CN1CCC(C)C(OC)C1)C1CC1. The molecule has 1 N–H and O–H groups in total. The molecule has 1 aliphatic heterocycles. The molecular weight excluding hydrogens is 250 g/mol. The van der Waals surface area contributed by atoms with Crippen LogP contribution in [0.25, 0.3) is 0 Å². The normalized spacial score (nSPS) is 30.7. The Morgan fingerprint density at radius 1 is 1.40 bits per heavy atom. The van der Waals surface area contributed by atoms with Crippen molar-refractivity contribution in [1.82, 2.24) is 10.2 Å². The zero-order valence-electron chi connectivity index (χ0n) is 13.2. The van der Waals surface area contributed by atoms with Gasteiger partial charge in [0.15, 0.2) is 0 Å². The molecule has 0 bridgehead atoms. The maximum atomic E-state index is 9.75. The number of likely N-dealkylation sites (tertiary alicyclic amines) is 1. The molecule has 0 amide bonds. The lowest BCUT2D eigenvalue weighted by Crippen LogP contribution is -2.57. The van der Waals surface area contributed by atoms with E-state index in [1.165, 1.54) is 19.3 Å². The number of nitrogens with one attached hydrogen (secondary N) is 1. The topological polar surface area (TPSA) is 48.3 Å². The Hall–Kier alpha value is -0.630. The van der Waals surface area contributed by atoms with Gasteiger partial charge in [-0.2, -0.15) is 5.26 Å². The van der Waals surface area contributed by atoms with Gasteiger partial charge in [0.1, 0.15) is 5.54 Å². The lowest BCUT2D eigenvalue weighted by molar-refractivity contribution is -0.0114. The minimum Gasteiger partial charge on any atom is -0.380 e. The van der Waals surface area contributed by atoms with Crippen LogP contribution >= 0.6 is 0 Å². The van der Waals surface area contributed by atoms with E-state index in [-0.39, 0.29) is 5.54 Å². The molecule has 1 saturated heterocycles. The second kappa shape index (κ2) is 6.89. The number of hydrogen-bond acceptors (Lipinski definition) is 4. The minimum atomic E-state index is -0.338. The van der Waals surface area contributed by atoms with Crippen molar-refractivity contribution in [1.29, 1.82) is 5.26 Å². The van der Waals surface area contributed by atoms with Crippen molar-refractivity contribution in [3.63, 3.8) is 0 Å². The number of rotatable bonds is 7. The van der Waals surface area contributed by atoms with Crippen LogP contribution in [-0.2, 0) is 4.74 Å². The van der Waals surface area contributed by atoms with Gasteiger partial charge in [-0.25, -0.2) is 0 Å². The lowest BCUT2D eigenvalue weighted by atomic mass is 9.90. The van der Waals surface area contributed by atoms with Gasteiger partial charge in [0.05, 0.1) is 12.2 Å². The van der Waals surface area contributed by atoms with E-state index < -0.39 is 0 Å². The van der Waals surface area contributed by atoms with Crippen molar-refractivity contribution in [3.05, 3.63) is 0 Å². The fourth-order valence-electron chi connectivity index (χ4n) is 3.32. The highest BCUT2D eigenvalue weighted by Gasteiger charge is 2.47. The van der Waals surface area contributed by atoms with Crippen LogP contribution in [0.3, 0.4) is 0 Å². The molecule has 3 atom stereocenters. The highest BCUT2D eigenvalue weighted by molar-refractivity contribution is 5.17. The number of nitriles is 1. The van der Waals surface area contributed by atoms with Crippen LogP contribution in [0.15, 0.2) is 0 Å². The third kappa shape index (κ3) is 3.52. The predicted molar refractivity (Wildman–Crippen MR) is 80.4 cm³/mol. The van der Waals surface area contributed by atoms with Crippen LogP contribution in [0.2, 0.25) is 0 Å². The molecule has 4 nitrogen and oxygen atoms in total. The van der Waals surface area contributed by atoms with Crippen molar-refractivity contribution in [3.8, 4) is 6.07 Å².